The van der Waals surface area contributed by atoms with Gasteiger partial charge in [-0.05, 0) is 60.2 Å². The molecule has 1 saturated heterocycles. The zero-order chi connectivity index (χ0) is 24.6. The van der Waals surface area contributed by atoms with E-state index >= 15 is 0 Å². The molecule has 0 radical (unpaired) electrons. The van der Waals surface area contributed by atoms with Crippen LogP contribution < -0.4 is 4.74 Å². The first-order chi connectivity index (χ1) is 17.0. The van der Waals surface area contributed by atoms with Gasteiger partial charge in [-0.15, -0.1) is 11.3 Å². The molecular weight excluding hydrogens is 467 g/mol. The monoisotopic (exact) mass is 496 g/mol. The summed E-state index contributed by atoms with van der Waals surface area (Å²) in [4.78, 5) is 31.4. The molecular formula is C27H29FN2O4S. The highest BCUT2D eigenvalue weighted by molar-refractivity contribution is 7.09. The van der Waals surface area contributed by atoms with Crippen LogP contribution in [0.25, 0.3) is 0 Å². The Bertz CT molecular complexity index is 1110. The van der Waals surface area contributed by atoms with Gasteiger partial charge < -0.3 is 19.3 Å². The molecule has 0 bridgehead atoms. The zero-order valence-electron chi connectivity index (χ0n) is 19.7. The number of rotatable bonds is 10. The minimum Gasteiger partial charge on any atom is -0.497 e. The standard InChI is InChI=1S/C27H29FN2O4S/c1-33-23-6-2-5-21(15-23)27(32)30(17-24-7-3-13-34-24)19-26(31)29(18-25-8-4-14-35-25)16-20-9-11-22(28)12-10-20/h2,4-6,8-12,14-15,24H,3,7,13,16-19H2,1H3/t24-/m1/s1. The number of methoxy groups -OCH3 is 1. The number of ether oxygens (including phenoxy) is 2. The molecule has 1 aromatic heterocycles. The first-order valence-corrected chi connectivity index (χ1v) is 12.5. The number of hydrogen-bond acceptors (Lipinski definition) is 5. The number of thiophene rings is 1. The number of carbonyl (C=O) groups excluding carboxylic acids is 2. The molecule has 0 saturated carbocycles. The summed E-state index contributed by atoms with van der Waals surface area (Å²) >= 11 is 1.57. The first kappa shape index (κ1) is 24.9. The van der Waals surface area contributed by atoms with Gasteiger partial charge in [0.15, 0.2) is 0 Å². The summed E-state index contributed by atoms with van der Waals surface area (Å²) in [7, 11) is 1.55. The van der Waals surface area contributed by atoms with E-state index in [1.807, 2.05) is 17.5 Å². The van der Waals surface area contributed by atoms with E-state index in [1.165, 1.54) is 12.1 Å². The van der Waals surface area contributed by atoms with Crippen LogP contribution in [0.2, 0.25) is 0 Å². The second-order valence-corrected chi connectivity index (χ2v) is 9.54. The van der Waals surface area contributed by atoms with E-state index in [-0.39, 0.29) is 30.3 Å². The van der Waals surface area contributed by atoms with Crippen molar-refractivity contribution in [2.24, 2.45) is 0 Å². The molecule has 1 atom stereocenters. The van der Waals surface area contributed by atoms with Crippen molar-refractivity contribution >= 4 is 23.2 Å². The van der Waals surface area contributed by atoms with Crippen molar-refractivity contribution in [3.63, 3.8) is 0 Å². The molecule has 3 aromatic rings. The highest BCUT2D eigenvalue weighted by atomic mass is 32.1. The summed E-state index contributed by atoms with van der Waals surface area (Å²) in [6.45, 7) is 1.65. The van der Waals surface area contributed by atoms with Crippen LogP contribution in [0, 0.1) is 5.82 Å². The summed E-state index contributed by atoms with van der Waals surface area (Å²) in [5.41, 5.74) is 1.28. The van der Waals surface area contributed by atoms with E-state index in [0.29, 0.717) is 37.6 Å². The molecule has 0 spiro atoms. The highest BCUT2D eigenvalue weighted by Gasteiger charge is 2.27. The van der Waals surface area contributed by atoms with E-state index < -0.39 is 0 Å². The Labute approximate surface area is 208 Å². The van der Waals surface area contributed by atoms with E-state index in [0.717, 1.165) is 23.3 Å². The lowest BCUT2D eigenvalue weighted by molar-refractivity contribution is -0.133. The van der Waals surface area contributed by atoms with Gasteiger partial charge in [-0.1, -0.05) is 24.3 Å². The van der Waals surface area contributed by atoms with Gasteiger partial charge in [0, 0.05) is 30.1 Å². The summed E-state index contributed by atoms with van der Waals surface area (Å²) in [6, 6.07) is 17.0. The minimum atomic E-state index is -0.323. The molecule has 4 rings (SSSR count). The van der Waals surface area contributed by atoms with Crippen LogP contribution in [-0.4, -0.2) is 54.5 Å². The molecule has 1 aliphatic heterocycles. The number of halogens is 1. The quantitative estimate of drug-likeness (QED) is 0.407. The van der Waals surface area contributed by atoms with Crippen LogP contribution in [0.1, 0.15) is 33.6 Å². The maximum atomic E-state index is 13.6. The van der Waals surface area contributed by atoms with Gasteiger partial charge in [0.1, 0.15) is 18.1 Å². The molecule has 2 amide bonds. The Hall–Kier alpha value is -3.23. The number of amides is 2. The second-order valence-electron chi connectivity index (χ2n) is 8.51. The van der Waals surface area contributed by atoms with Crippen LogP contribution in [0.15, 0.2) is 66.0 Å². The van der Waals surface area contributed by atoms with Crippen LogP contribution in [-0.2, 0) is 22.6 Å². The predicted molar refractivity (Wildman–Crippen MR) is 133 cm³/mol. The molecule has 2 heterocycles. The van der Waals surface area contributed by atoms with Crippen LogP contribution in [0.4, 0.5) is 4.39 Å². The van der Waals surface area contributed by atoms with E-state index in [1.54, 1.807) is 64.6 Å². The maximum Gasteiger partial charge on any atom is 0.254 e. The largest absolute Gasteiger partial charge is 0.497 e. The predicted octanol–water partition coefficient (Wildman–Crippen LogP) is 4.75. The Morgan fingerprint density at radius 2 is 1.91 bits per heavy atom. The molecule has 1 aliphatic rings. The third-order valence-corrected chi connectivity index (χ3v) is 6.81. The lowest BCUT2D eigenvalue weighted by Crippen LogP contribution is -2.45. The third kappa shape index (κ3) is 6.90. The molecule has 0 aliphatic carbocycles. The normalized spacial score (nSPS) is 15.1. The molecule has 0 N–H and O–H groups in total. The lowest BCUT2D eigenvalue weighted by Gasteiger charge is -2.29. The fourth-order valence-corrected chi connectivity index (χ4v) is 4.81. The van der Waals surface area contributed by atoms with Crippen LogP contribution >= 0.6 is 11.3 Å². The molecule has 35 heavy (non-hydrogen) atoms. The van der Waals surface area contributed by atoms with Gasteiger partial charge in [-0.2, -0.15) is 0 Å². The fraction of sp³-hybridized carbons (Fsp3) is 0.333. The summed E-state index contributed by atoms with van der Waals surface area (Å²) in [5, 5.41) is 1.96. The van der Waals surface area contributed by atoms with Gasteiger partial charge in [0.05, 0.1) is 19.8 Å². The minimum absolute atomic E-state index is 0.0809. The van der Waals surface area contributed by atoms with Gasteiger partial charge in [0.2, 0.25) is 5.91 Å². The third-order valence-electron chi connectivity index (χ3n) is 5.94. The van der Waals surface area contributed by atoms with Crippen molar-refractivity contribution in [3.05, 3.63) is 87.9 Å². The number of carbonyl (C=O) groups is 2. The molecule has 8 heteroatoms. The second kappa shape index (κ2) is 12.0. The number of nitrogens with zero attached hydrogens (tertiary/aromatic N) is 2. The Kier molecular flexibility index (Phi) is 8.50. The average molecular weight is 497 g/mol. The molecule has 2 aromatic carbocycles. The molecule has 184 valence electrons. The Balaban J connectivity index is 1.55. The van der Waals surface area contributed by atoms with Crippen molar-refractivity contribution in [2.45, 2.75) is 32.0 Å². The van der Waals surface area contributed by atoms with Crippen LogP contribution in [0.5, 0.6) is 5.75 Å². The van der Waals surface area contributed by atoms with Crippen molar-refractivity contribution < 1.29 is 23.5 Å². The van der Waals surface area contributed by atoms with Gasteiger partial charge >= 0.3 is 0 Å². The molecule has 6 nitrogen and oxygen atoms in total. The van der Waals surface area contributed by atoms with Crippen molar-refractivity contribution in [2.75, 3.05) is 26.8 Å². The first-order valence-electron chi connectivity index (χ1n) is 11.6. The summed E-state index contributed by atoms with van der Waals surface area (Å²) in [6.07, 6.45) is 1.69. The van der Waals surface area contributed by atoms with E-state index in [9.17, 15) is 14.0 Å². The van der Waals surface area contributed by atoms with Crippen molar-refractivity contribution in [1.82, 2.24) is 9.80 Å². The van der Waals surface area contributed by atoms with Gasteiger partial charge in [0.25, 0.3) is 5.91 Å². The van der Waals surface area contributed by atoms with Gasteiger partial charge in [-0.25, -0.2) is 4.39 Å². The lowest BCUT2D eigenvalue weighted by atomic mass is 10.1. The topological polar surface area (TPSA) is 59.1 Å². The van der Waals surface area contributed by atoms with Crippen LogP contribution in [0.3, 0.4) is 0 Å². The Morgan fingerprint density at radius 3 is 2.60 bits per heavy atom. The van der Waals surface area contributed by atoms with Crippen molar-refractivity contribution in [1.29, 1.82) is 0 Å². The van der Waals surface area contributed by atoms with E-state index in [4.69, 9.17) is 9.47 Å². The van der Waals surface area contributed by atoms with E-state index in [2.05, 4.69) is 0 Å². The maximum absolute atomic E-state index is 13.6. The summed E-state index contributed by atoms with van der Waals surface area (Å²) < 4.78 is 24.5. The Morgan fingerprint density at radius 1 is 1.09 bits per heavy atom. The van der Waals surface area contributed by atoms with Gasteiger partial charge in [-0.3, -0.25) is 9.59 Å². The smallest absolute Gasteiger partial charge is 0.254 e. The SMILES string of the molecule is COc1cccc(C(=O)N(CC(=O)N(Cc2ccc(F)cc2)Cc2cccs2)C[C@H]2CCCO2)c1. The molecule has 0 unspecified atom stereocenters. The molecule has 1 fully saturated rings. The van der Waals surface area contributed by atoms with Crippen molar-refractivity contribution in [3.8, 4) is 5.75 Å². The highest BCUT2D eigenvalue weighted by Crippen LogP contribution is 2.20. The zero-order valence-corrected chi connectivity index (χ0v) is 20.5. The number of benzene rings is 2. The average Bonchev–Trinajstić information content (AvgIpc) is 3.58. The number of hydrogen-bond donors (Lipinski definition) is 0. The fourth-order valence-electron chi connectivity index (χ4n) is 4.09. The summed E-state index contributed by atoms with van der Waals surface area (Å²) in [5.74, 6) is -0.172.